The Morgan fingerprint density at radius 2 is 1.79 bits per heavy atom. The van der Waals surface area contributed by atoms with E-state index in [0.29, 0.717) is 11.3 Å². The van der Waals surface area contributed by atoms with Gasteiger partial charge in [0.25, 0.3) is 0 Å². The number of amidine groups is 1. The number of nitrogen functional groups attached to an aromatic ring is 1. The Balaban J connectivity index is 2.07. The second kappa shape index (κ2) is 6.22. The minimum absolute atomic E-state index is 0.0354. The van der Waals surface area contributed by atoms with Crippen molar-refractivity contribution in [3.05, 3.63) is 29.8 Å². The molecule has 5 heteroatoms. The van der Waals surface area contributed by atoms with Crippen LogP contribution in [0.2, 0.25) is 0 Å². The van der Waals surface area contributed by atoms with E-state index in [-0.39, 0.29) is 11.9 Å². The van der Waals surface area contributed by atoms with Crippen LogP contribution in [-0.4, -0.2) is 29.9 Å². The van der Waals surface area contributed by atoms with E-state index >= 15 is 0 Å². The predicted octanol–water partition coefficient (Wildman–Crippen LogP) is 2.38. The minimum Gasteiger partial charge on any atom is -0.384 e. The molecule has 1 aliphatic heterocycles. The summed E-state index contributed by atoms with van der Waals surface area (Å²) in [6, 6.07) is 7.03. The van der Waals surface area contributed by atoms with Crippen LogP contribution in [0.5, 0.6) is 0 Å². The van der Waals surface area contributed by atoms with Crippen LogP contribution in [0.1, 0.15) is 31.2 Å². The molecule has 0 radical (unpaired) electrons. The van der Waals surface area contributed by atoms with Gasteiger partial charge in [-0.05, 0) is 25.0 Å². The molecule has 1 aliphatic rings. The third-order valence-corrected chi connectivity index (χ3v) is 3.35. The predicted molar refractivity (Wildman–Crippen MR) is 76.5 cm³/mol. The van der Waals surface area contributed by atoms with Crippen molar-refractivity contribution in [2.24, 2.45) is 5.73 Å². The van der Waals surface area contributed by atoms with Crippen molar-refractivity contribution in [2.45, 2.75) is 25.7 Å². The van der Waals surface area contributed by atoms with E-state index in [4.69, 9.17) is 11.1 Å². The van der Waals surface area contributed by atoms with E-state index in [2.05, 4.69) is 5.32 Å². The van der Waals surface area contributed by atoms with Crippen molar-refractivity contribution in [3.8, 4) is 0 Å². The number of amides is 2. The number of para-hydroxylation sites is 1. The normalized spacial score (nSPS) is 15.7. The Bertz CT molecular complexity index is 464. The molecule has 0 saturated carbocycles. The molecule has 1 saturated heterocycles. The third-order valence-electron chi connectivity index (χ3n) is 3.35. The number of nitrogens with two attached hydrogens (primary N) is 1. The van der Waals surface area contributed by atoms with Crippen molar-refractivity contribution >= 4 is 17.6 Å². The maximum Gasteiger partial charge on any atom is 0.321 e. The molecule has 19 heavy (non-hydrogen) atoms. The first-order valence-corrected chi connectivity index (χ1v) is 6.68. The highest BCUT2D eigenvalue weighted by atomic mass is 16.2. The first-order chi connectivity index (χ1) is 9.18. The fourth-order valence-corrected chi connectivity index (χ4v) is 2.30. The Morgan fingerprint density at radius 3 is 2.42 bits per heavy atom. The number of nitrogens with one attached hydrogen (secondary N) is 2. The largest absolute Gasteiger partial charge is 0.384 e. The van der Waals surface area contributed by atoms with Gasteiger partial charge in [-0.3, -0.25) is 5.41 Å². The molecule has 0 aromatic heterocycles. The fourth-order valence-electron chi connectivity index (χ4n) is 2.30. The van der Waals surface area contributed by atoms with Gasteiger partial charge in [-0.1, -0.05) is 25.0 Å². The summed E-state index contributed by atoms with van der Waals surface area (Å²) in [6.45, 7) is 1.60. The molecular weight excluding hydrogens is 240 g/mol. The van der Waals surface area contributed by atoms with E-state index in [0.717, 1.165) is 25.9 Å². The van der Waals surface area contributed by atoms with Crippen LogP contribution in [0.4, 0.5) is 10.5 Å². The van der Waals surface area contributed by atoms with Crippen molar-refractivity contribution in [3.63, 3.8) is 0 Å². The van der Waals surface area contributed by atoms with Gasteiger partial charge in [-0.2, -0.15) is 0 Å². The van der Waals surface area contributed by atoms with E-state index in [1.54, 1.807) is 18.2 Å². The monoisotopic (exact) mass is 260 g/mol. The number of hydrogen-bond acceptors (Lipinski definition) is 2. The number of benzene rings is 1. The zero-order valence-electron chi connectivity index (χ0n) is 11.0. The van der Waals surface area contributed by atoms with Gasteiger partial charge in [0.1, 0.15) is 5.84 Å². The Morgan fingerprint density at radius 1 is 1.16 bits per heavy atom. The number of hydrogen-bond donors (Lipinski definition) is 3. The van der Waals surface area contributed by atoms with Gasteiger partial charge in [0, 0.05) is 18.7 Å². The summed E-state index contributed by atoms with van der Waals surface area (Å²) in [5, 5.41) is 10.4. The van der Waals surface area contributed by atoms with Gasteiger partial charge in [-0.25, -0.2) is 4.79 Å². The van der Waals surface area contributed by atoms with Crippen LogP contribution in [-0.2, 0) is 0 Å². The second-order valence-corrected chi connectivity index (χ2v) is 4.79. The van der Waals surface area contributed by atoms with Crippen LogP contribution in [0.25, 0.3) is 0 Å². The number of urea groups is 1. The lowest BCUT2D eigenvalue weighted by Gasteiger charge is -2.21. The third kappa shape index (κ3) is 3.47. The van der Waals surface area contributed by atoms with Gasteiger partial charge in [0.05, 0.1) is 5.69 Å². The highest BCUT2D eigenvalue weighted by Crippen LogP contribution is 2.16. The average molecular weight is 260 g/mol. The van der Waals surface area contributed by atoms with E-state index < -0.39 is 0 Å². The minimum atomic E-state index is -0.101. The number of carbonyl (C=O) groups is 1. The molecule has 0 aliphatic carbocycles. The van der Waals surface area contributed by atoms with Gasteiger partial charge in [-0.15, -0.1) is 0 Å². The molecule has 2 rings (SSSR count). The summed E-state index contributed by atoms with van der Waals surface area (Å²) in [4.78, 5) is 14.0. The lowest BCUT2D eigenvalue weighted by molar-refractivity contribution is 0.214. The Kier molecular flexibility index (Phi) is 4.39. The summed E-state index contributed by atoms with van der Waals surface area (Å²) in [6.07, 6.45) is 4.49. The lowest BCUT2D eigenvalue weighted by atomic mass is 10.1. The average Bonchev–Trinajstić information content (AvgIpc) is 2.68. The van der Waals surface area contributed by atoms with E-state index in [1.807, 2.05) is 11.0 Å². The summed E-state index contributed by atoms with van der Waals surface area (Å²) < 4.78 is 0. The molecule has 0 unspecified atom stereocenters. The molecule has 1 aromatic carbocycles. The molecule has 102 valence electrons. The highest BCUT2D eigenvalue weighted by Gasteiger charge is 2.16. The number of anilines is 1. The van der Waals surface area contributed by atoms with Gasteiger partial charge >= 0.3 is 6.03 Å². The molecule has 1 heterocycles. The number of carbonyl (C=O) groups excluding carboxylic acids is 1. The second-order valence-electron chi connectivity index (χ2n) is 4.79. The molecule has 4 N–H and O–H groups in total. The molecule has 1 aromatic rings. The van der Waals surface area contributed by atoms with Crippen molar-refractivity contribution < 1.29 is 4.79 Å². The van der Waals surface area contributed by atoms with Crippen molar-refractivity contribution in [2.75, 3.05) is 18.4 Å². The molecule has 2 amide bonds. The smallest absolute Gasteiger partial charge is 0.321 e. The zero-order valence-corrected chi connectivity index (χ0v) is 11.0. The number of rotatable bonds is 2. The first-order valence-electron chi connectivity index (χ1n) is 6.68. The summed E-state index contributed by atoms with van der Waals surface area (Å²) in [5.74, 6) is -0.0354. The maximum atomic E-state index is 12.2. The van der Waals surface area contributed by atoms with Crippen LogP contribution in [0, 0.1) is 5.41 Å². The molecule has 0 bridgehead atoms. The highest BCUT2D eigenvalue weighted by molar-refractivity contribution is 6.03. The Labute approximate surface area is 113 Å². The van der Waals surface area contributed by atoms with Crippen LogP contribution >= 0.6 is 0 Å². The summed E-state index contributed by atoms with van der Waals surface area (Å²) >= 11 is 0. The molecular formula is C14H20N4O. The Hall–Kier alpha value is -2.04. The van der Waals surface area contributed by atoms with Crippen molar-refractivity contribution in [1.29, 1.82) is 5.41 Å². The zero-order chi connectivity index (χ0) is 13.7. The van der Waals surface area contributed by atoms with Crippen LogP contribution < -0.4 is 11.1 Å². The fraction of sp³-hybridized carbons (Fsp3) is 0.429. The maximum absolute atomic E-state index is 12.2. The summed E-state index contributed by atoms with van der Waals surface area (Å²) in [5.41, 5.74) is 6.67. The van der Waals surface area contributed by atoms with E-state index in [1.165, 1.54) is 12.8 Å². The topological polar surface area (TPSA) is 82.2 Å². The van der Waals surface area contributed by atoms with Gasteiger partial charge in [0.15, 0.2) is 0 Å². The van der Waals surface area contributed by atoms with Crippen LogP contribution in [0.15, 0.2) is 24.3 Å². The van der Waals surface area contributed by atoms with Gasteiger partial charge < -0.3 is 16.0 Å². The molecule has 5 nitrogen and oxygen atoms in total. The summed E-state index contributed by atoms with van der Waals surface area (Å²) in [7, 11) is 0. The van der Waals surface area contributed by atoms with Gasteiger partial charge in [0.2, 0.25) is 0 Å². The SMILES string of the molecule is N=C(N)c1ccccc1NC(=O)N1CCCCCC1. The van der Waals surface area contributed by atoms with Crippen molar-refractivity contribution in [1.82, 2.24) is 4.90 Å². The number of likely N-dealkylation sites (tertiary alicyclic amines) is 1. The number of nitrogens with zero attached hydrogens (tertiary/aromatic N) is 1. The van der Waals surface area contributed by atoms with E-state index in [9.17, 15) is 4.79 Å². The molecule has 1 fully saturated rings. The molecule has 0 atom stereocenters. The quantitative estimate of drug-likeness (QED) is 0.563. The molecule has 0 spiro atoms. The van der Waals surface area contributed by atoms with Crippen LogP contribution in [0.3, 0.4) is 0 Å². The lowest BCUT2D eigenvalue weighted by Crippen LogP contribution is -2.36. The first kappa shape index (κ1) is 13.4. The standard InChI is InChI=1S/C14H20N4O/c15-13(16)11-7-3-4-8-12(11)17-14(19)18-9-5-1-2-6-10-18/h3-4,7-8H,1-2,5-6,9-10H2,(H3,15,16)(H,17,19).